The lowest BCUT2D eigenvalue weighted by molar-refractivity contribution is -0.402. The second-order valence-electron chi connectivity index (χ2n) is 17.2. The molecule has 9 aromatic rings. The Morgan fingerprint density at radius 1 is 0.562 bits per heavy atom. The summed E-state index contributed by atoms with van der Waals surface area (Å²) in [5.41, 5.74) is 1.73. The lowest BCUT2D eigenvalue weighted by atomic mass is 10.0. The standard InChI is InChI=1S/C26H21N3O10.C20H18N2O5.C12H8N2O8.CH4/c1-6-16-18(34-2)9-8-17-22(24(30)14-11-19(35-3)25(37-5)20(12-14)36-4)27-28(23(16)17)26(31)38-13-15-7-10-21(39-15)29(32)33;1-6-12-14(24-2)8-7-13-17(12)21-22-18(13)19(23)11-9-15(25-3)20(27-5)16(10-11)26-4;15-12(20-7-10-5-6-11(21-10)14(18)19)22-9-3-1-8(2-4-9)13(16)17;/h1,7-12H,13H2,2-5H3;1,7-10H,2-5H3,(H,21,22);1-6H,7H2;1H4. The molecule has 460 valence electrons. The zero-order valence-corrected chi connectivity index (χ0v) is 47.4. The van der Waals surface area contributed by atoms with Gasteiger partial charge in [-0.15, -0.1) is 12.8 Å². The van der Waals surface area contributed by atoms with Gasteiger partial charge in [0, 0.05) is 34.0 Å². The maximum Gasteiger partial charge on any atom is 0.514 e. The number of benzene rings is 5. The van der Waals surface area contributed by atoms with E-state index in [9.17, 15) is 49.5 Å². The molecule has 0 unspecified atom stereocenters. The number of fused-ring (bicyclic) bond motifs is 2. The number of nitrogens with zero attached hydrogens (tertiary/aromatic N) is 6. The van der Waals surface area contributed by atoms with Crippen LogP contribution in [0.15, 0.2) is 106 Å². The highest BCUT2D eigenvalue weighted by Crippen LogP contribution is 2.41. The van der Waals surface area contributed by atoms with Crippen molar-refractivity contribution >= 4 is 63.1 Å². The quantitative estimate of drug-likeness (QED) is 0.0185. The van der Waals surface area contributed by atoms with Crippen molar-refractivity contribution in [3.8, 4) is 76.4 Å². The van der Waals surface area contributed by atoms with Crippen LogP contribution in [0.2, 0.25) is 0 Å². The van der Waals surface area contributed by atoms with Gasteiger partial charge in [0.05, 0.1) is 85.1 Å². The zero-order valence-electron chi connectivity index (χ0n) is 47.4. The Morgan fingerprint density at radius 2 is 1.02 bits per heavy atom. The van der Waals surface area contributed by atoms with E-state index < -0.39 is 51.2 Å². The predicted octanol–water partition coefficient (Wildman–Crippen LogP) is 10.2. The molecule has 0 radical (unpaired) electrons. The first-order valence-corrected chi connectivity index (χ1v) is 24.8. The number of nitro benzene ring substituents is 1. The number of ketones is 2. The summed E-state index contributed by atoms with van der Waals surface area (Å²) in [6, 6.07) is 22.2. The normalized spacial score (nSPS) is 10.2. The average molecular weight is 1230 g/mol. The third-order valence-electron chi connectivity index (χ3n) is 12.3. The Kier molecular flexibility index (Phi) is 21.6. The molecule has 4 aromatic heterocycles. The minimum Gasteiger partial charge on any atom is -0.495 e. The number of ether oxygens (including phenoxy) is 11. The predicted molar refractivity (Wildman–Crippen MR) is 311 cm³/mol. The molecule has 0 spiro atoms. The van der Waals surface area contributed by atoms with Crippen molar-refractivity contribution < 1.29 is 94.9 Å². The highest BCUT2D eigenvalue weighted by molar-refractivity contribution is 6.17. The number of carbonyl (C=O) groups excluding carboxylic acids is 4. The molecule has 0 aliphatic heterocycles. The summed E-state index contributed by atoms with van der Waals surface area (Å²) in [5.74, 6) is 6.04. The third kappa shape index (κ3) is 14.3. The van der Waals surface area contributed by atoms with Crippen LogP contribution in [0.5, 0.6) is 51.7 Å². The lowest BCUT2D eigenvalue weighted by Gasteiger charge is -2.13. The van der Waals surface area contributed by atoms with E-state index >= 15 is 0 Å². The summed E-state index contributed by atoms with van der Waals surface area (Å²) in [7, 11) is 11.6. The largest absolute Gasteiger partial charge is 0.514 e. The molecule has 9 rings (SSSR count). The molecule has 89 heavy (non-hydrogen) atoms. The number of nitrogens with one attached hydrogen (secondary N) is 1. The molecule has 0 bridgehead atoms. The van der Waals surface area contributed by atoms with E-state index in [-0.39, 0.29) is 93.5 Å². The highest BCUT2D eigenvalue weighted by Gasteiger charge is 2.29. The van der Waals surface area contributed by atoms with Crippen LogP contribution in [0.3, 0.4) is 0 Å². The van der Waals surface area contributed by atoms with Gasteiger partial charge in [0.25, 0.3) is 5.69 Å². The molecule has 30 heteroatoms. The number of aromatic nitrogens is 4. The summed E-state index contributed by atoms with van der Waals surface area (Å²) in [5, 5.41) is 43.8. The van der Waals surface area contributed by atoms with Crippen molar-refractivity contribution in [2.24, 2.45) is 0 Å². The first-order valence-electron chi connectivity index (χ1n) is 24.8. The summed E-state index contributed by atoms with van der Waals surface area (Å²) in [4.78, 5) is 81.0. The number of nitro groups is 3. The fourth-order valence-corrected chi connectivity index (χ4v) is 8.22. The molecule has 0 atom stereocenters. The van der Waals surface area contributed by atoms with Crippen LogP contribution in [0.25, 0.3) is 21.8 Å². The number of carbonyl (C=O) groups is 4. The highest BCUT2D eigenvalue weighted by atomic mass is 16.7. The van der Waals surface area contributed by atoms with E-state index in [1.807, 2.05) is 0 Å². The lowest BCUT2D eigenvalue weighted by Crippen LogP contribution is -2.16. The van der Waals surface area contributed by atoms with Gasteiger partial charge in [0.15, 0.2) is 36.2 Å². The number of hydrogen-bond donors (Lipinski definition) is 1. The smallest absolute Gasteiger partial charge is 0.495 e. The van der Waals surface area contributed by atoms with Gasteiger partial charge in [-0.1, -0.05) is 19.3 Å². The molecule has 0 fully saturated rings. The van der Waals surface area contributed by atoms with Crippen LogP contribution >= 0.6 is 0 Å². The first-order chi connectivity index (χ1) is 42.3. The van der Waals surface area contributed by atoms with Gasteiger partial charge < -0.3 is 60.9 Å². The van der Waals surface area contributed by atoms with Gasteiger partial charge in [0.2, 0.25) is 23.1 Å². The topological polar surface area (TPSA) is 372 Å². The van der Waals surface area contributed by atoms with E-state index in [1.54, 1.807) is 30.3 Å². The van der Waals surface area contributed by atoms with E-state index in [1.165, 1.54) is 111 Å². The molecule has 4 heterocycles. The summed E-state index contributed by atoms with van der Waals surface area (Å²) < 4.78 is 67.8. The number of non-ortho nitro benzene ring substituents is 1. The number of methoxy groups -OCH3 is 8. The van der Waals surface area contributed by atoms with Gasteiger partial charge in [-0.3, -0.25) is 45.0 Å². The maximum absolute atomic E-state index is 13.7. The summed E-state index contributed by atoms with van der Waals surface area (Å²) >= 11 is 0. The number of hydrogen-bond acceptors (Lipinski definition) is 25. The summed E-state index contributed by atoms with van der Waals surface area (Å²) in [6.07, 6.45) is 9.21. The number of H-pyrrole nitrogens is 1. The summed E-state index contributed by atoms with van der Waals surface area (Å²) in [6.45, 7) is -0.792. The van der Waals surface area contributed by atoms with Gasteiger partial charge >= 0.3 is 24.0 Å². The average Bonchev–Trinajstić information content (AvgIpc) is 1.66. The zero-order chi connectivity index (χ0) is 63.9. The molecule has 1 N–H and O–H groups in total. The molecule has 30 nitrogen and oxygen atoms in total. The Labute approximate surface area is 503 Å². The molecule has 0 saturated heterocycles. The molecule has 0 aliphatic rings. The number of terminal acetylenes is 2. The fraction of sp³-hybridized carbons (Fsp3) is 0.186. The van der Waals surface area contributed by atoms with Crippen molar-refractivity contribution in [3.63, 3.8) is 0 Å². The van der Waals surface area contributed by atoms with Crippen molar-refractivity contribution in [1.29, 1.82) is 0 Å². The van der Waals surface area contributed by atoms with Crippen molar-refractivity contribution in [1.82, 2.24) is 20.0 Å². The Morgan fingerprint density at radius 3 is 1.46 bits per heavy atom. The molecular formula is C59H51N7O23. The van der Waals surface area contributed by atoms with Crippen LogP contribution in [0.1, 0.15) is 62.2 Å². The number of rotatable bonds is 20. The fourth-order valence-electron chi connectivity index (χ4n) is 8.22. The second kappa shape index (κ2) is 29.3. The van der Waals surface area contributed by atoms with Crippen molar-refractivity contribution in [2.75, 3.05) is 56.9 Å². The molecule has 0 saturated carbocycles. The SMILES string of the molecule is C.C#Cc1c(OC)ccc2c(C(=O)c3cc(OC)c(OC)c(OC)c3)[nH]nc12.C#Cc1c(OC)ccc2c(C(=O)c3cc(OC)c(OC)c(OC)c3)nn(C(=O)OCc3ccc([N+](=O)[O-])o3)c12.O=C(OCc1ccc([N+](=O)[O-])o1)Oc1ccc([N+](=O)[O-])cc1. The van der Waals surface area contributed by atoms with Crippen LogP contribution in [0, 0.1) is 55.0 Å². The van der Waals surface area contributed by atoms with E-state index in [4.69, 9.17) is 73.8 Å². The second-order valence-corrected chi connectivity index (χ2v) is 17.2. The van der Waals surface area contributed by atoms with Crippen LogP contribution < -0.4 is 42.6 Å². The molecule has 0 amide bonds. The number of furan rings is 2. The minimum atomic E-state index is -1.08. The van der Waals surface area contributed by atoms with Crippen LogP contribution in [0.4, 0.5) is 27.0 Å². The van der Waals surface area contributed by atoms with E-state index in [2.05, 4.69) is 27.1 Å². The van der Waals surface area contributed by atoms with E-state index in [0.29, 0.717) is 50.7 Å². The minimum absolute atomic E-state index is 0. The Hall–Kier alpha value is -12.6. The Balaban J connectivity index is 0.000000222. The van der Waals surface area contributed by atoms with E-state index in [0.717, 1.165) is 16.8 Å². The van der Waals surface area contributed by atoms with Crippen molar-refractivity contribution in [2.45, 2.75) is 20.6 Å². The van der Waals surface area contributed by atoms with Gasteiger partial charge in [-0.2, -0.15) is 14.9 Å². The number of aromatic amines is 1. The monoisotopic (exact) mass is 1230 g/mol. The Bertz CT molecular complexity index is 4190. The third-order valence-corrected chi connectivity index (χ3v) is 12.3. The molecular weight excluding hydrogens is 1170 g/mol. The van der Waals surface area contributed by atoms with Gasteiger partial charge in [0.1, 0.15) is 61.0 Å². The van der Waals surface area contributed by atoms with Crippen LogP contribution in [-0.2, 0) is 22.7 Å². The van der Waals surface area contributed by atoms with Crippen LogP contribution in [-0.4, -0.2) is 115 Å². The molecule has 5 aromatic carbocycles. The van der Waals surface area contributed by atoms with Gasteiger partial charge in [-0.25, -0.2) is 9.59 Å². The van der Waals surface area contributed by atoms with Crippen molar-refractivity contribution in [3.05, 3.63) is 173 Å². The first kappa shape index (κ1) is 65.6. The molecule has 0 aliphatic carbocycles. The van der Waals surface area contributed by atoms with Gasteiger partial charge in [-0.05, 0) is 72.8 Å². The maximum atomic E-state index is 13.7.